The Kier molecular flexibility index (Phi) is 4.97. The number of aliphatic hydroxyl groups is 1. The fourth-order valence-corrected chi connectivity index (χ4v) is 9.10. The molecule has 5 aliphatic rings. The zero-order valence-electron chi connectivity index (χ0n) is 20.2. The van der Waals surface area contributed by atoms with Gasteiger partial charge >= 0.3 is 0 Å². The summed E-state index contributed by atoms with van der Waals surface area (Å²) in [6.07, 6.45) is 11.1. The summed E-state index contributed by atoms with van der Waals surface area (Å²) < 4.78 is 6.33. The molecule has 0 radical (unpaired) electrons. The molecule has 0 aromatic heterocycles. The van der Waals surface area contributed by atoms with E-state index in [9.17, 15) is 9.90 Å². The van der Waals surface area contributed by atoms with Gasteiger partial charge in [-0.15, -0.1) is 0 Å². The Morgan fingerprint density at radius 1 is 1.29 bits per heavy atom. The first-order valence-corrected chi connectivity index (χ1v) is 12.8. The number of hydrogen-bond acceptors (Lipinski definition) is 3. The smallest absolute Gasteiger partial charge is 0.164 e. The van der Waals surface area contributed by atoms with Crippen LogP contribution in [0.1, 0.15) is 79.6 Å². The highest BCUT2D eigenvalue weighted by atomic mass is 16.6. The summed E-state index contributed by atoms with van der Waals surface area (Å²) in [6, 6.07) is 0. The van der Waals surface area contributed by atoms with Crippen LogP contribution in [-0.2, 0) is 9.53 Å². The van der Waals surface area contributed by atoms with Gasteiger partial charge in [-0.2, -0.15) is 0 Å². The van der Waals surface area contributed by atoms with Crippen molar-refractivity contribution in [2.24, 2.45) is 46.3 Å². The van der Waals surface area contributed by atoms with Gasteiger partial charge in [0, 0.05) is 5.92 Å². The number of fused-ring (bicyclic) bond motifs is 4. The first-order valence-electron chi connectivity index (χ1n) is 12.8. The summed E-state index contributed by atoms with van der Waals surface area (Å²) in [6.45, 7) is 15.8. The molecular weight excluding hydrogens is 384 g/mol. The van der Waals surface area contributed by atoms with E-state index in [1.54, 1.807) is 6.08 Å². The molecule has 1 aliphatic heterocycles. The molecule has 10 unspecified atom stereocenters. The van der Waals surface area contributed by atoms with Crippen molar-refractivity contribution in [3.8, 4) is 0 Å². The van der Waals surface area contributed by atoms with Gasteiger partial charge in [-0.05, 0) is 93.0 Å². The molecule has 3 saturated carbocycles. The van der Waals surface area contributed by atoms with E-state index in [4.69, 9.17) is 4.74 Å². The Balaban J connectivity index is 1.40. The van der Waals surface area contributed by atoms with Crippen LogP contribution in [0.4, 0.5) is 0 Å². The maximum atomic E-state index is 13.2. The zero-order chi connectivity index (χ0) is 22.3. The predicted molar refractivity (Wildman–Crippen MR) is 123 cm³/mol. The van der Waals surface area contributed by atoms with Gasteiger partial charge in [0.15, 0.2) is 5.78 Å². The monoisotopic (exact) mass is 426 g/mol. The molecule has 4 aliphatic carbocycles. The summed E-state index contributed by atoms with van der Waals surface area (Å²) in [5, 5.41) is 11.6. The van der Waals surface area contributed by atoms with E-state index in [0.29, 0.717) is 29.6 Å². The Labute approximate surface area is 188 Å². The van der Waals surface area contributed by atoms with Crippen LogP contribution < -0.4 is 0 Å². The van der Waals surface area contributed by atoms with E-state index in [1.807, 2.05) is 6.08 Å². The molecule has 0 aromatic rings. The second-order valence-electron chi connectivity index (χ2n) is 12.5. The van der Waals surface area contributed by atoms with Gasteiger partial charge in [0.2, 0.25) is 0 Å². The Hall–Kier alpha value is -0.930. The summed E-state index contributed by atoms with van der Waals surface area (Å²) >= 11 is 0. The van der Waals surface area contributed by atoms with E-state index < -0.39 is 11.5 Å². The second kappa shape index (κ2) is 7.03. The highest BCUT2D eigenvalue weighted by molar-refractivity contribution is 5.97. The van der Waals surface area contributed by atoms with Gasteiger partial charge in [0.05, 0.1) is 17.6 Å². The maximum absolute atomic E-state index is 13.2. The first-order chi connectivity index (χ1) is 14.6. The third-order valence-electron chi connectivity index (χ3n) is 11.0. The molecule has 10 atom stereocenters. The molecule has 3 nitrogen and oxygen atoms in total. The zero-order valence-corrected chi connectivity index (χ0v) is 20.2. The molecule has 31 heavy (non-hydrogen) atoms. The third-order valence-corrected chi connectivity index (χ3v) is 11.0. The molecule has 0 amide bonds. The molecule has 1 heterocycles. The lowest BCUT2D eigenvalue weighted by molar-refractivity contribution is -0.166. The number of ether oxygens (including phenoxy) is 1. The standard InChI is InChI=1S/C28H42O3/c1-16(2)17(3)9-10-18(4)20-11-12-21-19-14-24-28(31-24)13-7-8-23(30)27(28,6)25(19)22(29)15-26(20,21)5/h7-8,16,18-22,24-25,29H,3,9-15H2,1-2,4-6H3. The summed E-state index contributed by atoms with van der Waals surface area (Å²) in [4.78, 5) is 13.2. The lowest BCUT2D eigenvalue weighted by Gasteiger charge is -2.59. The lowest BCUT2D eigenvalue weighted by Crippen LogP contribution is -2.64. The average molecular weight is 427 g/mol. The van der Waals surface area contributed by atoms with Crippen molar-refractivity contribution < 1.29 is 14.6 Å². The summed E-state index contributed by atoms with van der Waals surface area (Å²) in [7, 11) is 0. The molecule has 4 fully saturated rings. The van der Waals surface area contributed by atoms with Crippen LogP contribution >= 0.6 is 0 Å². The van der Waals surface area contributed by atoms with Crippen LogP contribution in [0.15, 0.2) is 24.3 Å². The fraction of sp³-hybridized carbons (Fsp3) is 0.821. The highest BCUT2D eigenvalue weighted by Crippen LogP contribution is 2.73. The summed E-state index contributed by atoms with van der Waals surface area (Å²) in [5.41, 5.74) is 0.630. The van der Waals surface area contributed by atoms with Crippen molar-refractivity contribution in [3.63, 3.8) is 0 Å². The number of aliphatic hydroxyl groups excluding tert-OH is 1. The van der Waals surface area contributed by atoms with Crippen molar-refractivity contribution >= 4 is 5.78 Å². The van der Waals surface area contributed by atoms with Crippen LogP contribution in [-0.4, -0.2) is 28.7 Å². The van der Waals surface area contributed by atoms with Crippen LogP contribution in [0.25, 0.3) is 0 Å². The molecule has 3 heteroatoms. The van der Waals surface area contributed by atoms with Crippen molar-refractivity contribution in [1.29, 1.82) is 0 Å². The Bertz CT molecular complexity index is 813. The molecule has 1 spiro atoms. The maximum Gasteiger partial charge on any atom is 0.164 e. The molecular formula is C28H42O3. The first kappa shape index (κ1) is 21.9. The van der Waals surface area contributed by atoms with Gasteiger partial charge in [0.25, 0.3) is 0 Å². The second-order valence-corrected chi connectivity index (χ2v) is 12.5. The number of carbonyl (C=O) groups excluding carboxylic acids is 1. The van der Waals surface area contributed by atoms with Gasteiger partial charge < -0.3 is 9.84 Å². The van der Waals surface area contributed by atoms with Gasteiger partial charge in [-0.3, -0.25) is 4.79 Å². The molecule has 0 bridgehead atoms. The van der Waals surface area contributed by atoms with Gasteiger partial charge in [0.1, 0.15) is 5.60 Å². The number of carbonyl (C=O) groups is 1. The third kappa shape index (κ3) is 2.81. The van der Waals surface area contributed by atoms with Gasteiger partial charge in [-0.1, -0.05) is 45.9 Å². The lowest BCUT2D eigenvalue weighted by atomic mass is 9.44. The Morgan fingerprint density at radius 3 is 2.74 bits per heavy atom. The number of epoxide rings is 1. The number of hydrogen-bond donors (Lipinski definition) is 1. The molecule has 1 saturated heterocycles. The van der Waals surface area contributed by atoms with E-state index in [1.165, 1.54) is 24.8 Å². The quantitative estimate of drug-likeness (QED) is 0.452. The average Bonchev–Trinajstić information content (AvgIpc) is 3.30. The minimum Gasteiger partial charge on any atom is -0.393 e. The number of rotatable bonds is 5. The SMILES string of the molecule is C=C(CCC(C)C1CCC2C3CC4OC45CC=CC(=O)C5(C)C3C(O)CC12C)C(C)C. The highest BCUT2D eigenvalue weighted by Gasteiger charge is 2.78. The van der Waals surface area contributed by atoms with Crippen molar-refractivity contribution in [2.75, 3.05) is 0 Å². The largest absolute Gasteiger partial charge is 0.393 e. The van der Waals surface area contributed by atoms with E-state index >= 15 is 0 Å². The van der Waals surface area contributed by atoms with E-state index in [0.717, 1.165) is 25.7 Å². The van der Waals surface area contributed by atoms with Gasteiger partial charge in [-0.25, -0.2) is 0 Å². The van der Waals surface area contributed by atoms with Crippen LogP contribution in [0.3, 0.4) is 0 Å². The predicted octanol–water partition coefficient (Wildman–Crippen LogP) is 5.72. The molecule has 1 N–H and O–H groups in total. The Morgan fingerprint density at radius 2 is 2.03 bits per heavy atom. The van der Waals surface area contributed by atoms with Crippen LogP contribution in [0.5, 0.6) is 0 Å². The van der Waals surface area contributed by atoms with Crippen LogP contribution in [0.2, 0.25) is 0 Å². The molecule has 5 rings (SSSR count). The number of allylic oxidation sites excluding steroid dienone is 2. The van der Waals surface area contributed by atoms with Crippen molar-refractivity contribution in [3.05, 3.63) is 24.3 Å². The van der Waals surface area contributed by atoms with Crippen molar-refractivity contribution in [1.82, 2.24) is 0 Å². The summed E-state index contributed by atoms with van der Waals surface area (Å²) in [5.74, 6) is 3.07. The minimum atomic E-state index is -0.561. The fourth-order valence-electron chi connectivity index (χ4n) is 9.10. The minimum absolute atomic E-state index is 0.0385. The van der Waals surface area contributed by atoms with E-state index in [-0.39, 0.29) is 28.8 Å². The number of ketones is 1. The van der Waals surface area contributed by atoms with E-state index in [2.05, 4.69) is 41.2 Å². The molecule has 172 valence electrons. The molecule has 0 aromatic carbocycles. The van der Waals surface area contributed by atoms with Crippen LogP contribution in [0, 0.1) is 46.3 Å². The topological polar surface area (TPSA) is 49.8 Å². The normalized spacial score (nSPS) is 51.0. The van der Waals surface area contributed by atoms with Crippen molar-refractivity contribution in [2.45, 2.75) is 97.4 Å².